The molecule has 0 aromatic carbocycles. The Hall–Kier alpha value is -0.490. The second-order valence-corrected chi connectivity index (χ2v) is 2.65. The lowest BCUT2D eigenvalue weighted by atomic mass is 10.6. The smallest absolute Gasteiger partial charge is 0.412 e. The maximum atomic E-state index is 8.88. The molecule has 0 amide bonds. The Bertz CT molecular complexity index is 146. The lowest BCUT2D eigenvalue weighted by molar-refractivity contribution is 0.194. The fourth-order valence-electron chi connectivity index (χ4n) is 0.235. The first-order chi connectivity index (χ1) is 5.41. The number of hydrogen-bond acceptors (Lipinski definition) is 2. The summed E-state index contributed by atoms with van der Waals surface area (Å²) >= 11 is 0. The van der Waals surface area contributed by atoms with Gasteiger partial charge in [0.15, 0.2) is 0 Å². The van der Waals surface area contributed by atoms with Crippen LogP contribution in [-0.2, 0) is 9.30 Å². The first-order valence-electron chi connectivity index (χ1n) is 2.99. The van der Waals surface area contributed by atoms with Crippen molar-refractivity contribution >= 4 is 7.82 Å². The molecule has 0 aromatic heterocycles. The van der Waals surface area contributed by atoms with Crippen molar-refractivity contribution < 1.29 is 29.5 Å². The van der Waals surface area contributed by atoms with E-state index in [4.69, 9.17) is 24.0 Å². The van der Waals surface area contributed by atoms with E-state index in [1.54, 1.807) is 12.2 Å². The van der Waals surface area contributed by atoms with Crippen LogP contribution in [0.25, 0.3) is 0 Å². The number of phosphoric acid groups is 1. The molecular formula is C6H15O6P. The summed E-state index contributed by atoms with van der Waals surface area (Å²) in [5.41, 5.74) is 0. The molecule has 0 aliphatic carbocycles. The van der Waals surface area contributed by atoms with Crippen LogP contribution in [0, 0.1) is 0 Å². The molecule has 0 bridgehead atoms. The van der Waals surface area contributed by atoms with E-state index in [-0.39, 0.29) is 5.48 Å². The maximum Gasteiger partial charge on any atom is 0.466 e. The summed E-state index contributed by atoms with van der Waals surface area (Å²) in [7, 11) is -4.64. The summed E-state index contributed by atoms with van der Waals surface area (Å²) in [6.07, 6.45) is 3.42. The van der Waals surface area contributed by atoms with E-state index < -0.39 is 7.82 Å². The van der Waals surface area contributed by atoms with Gasteiger partial charge in [0.25, 0.3) is 0 Å². The lowest BCUT2D eigenvalue weighted by Crippen LogP contribution is -1.87. The Labute approximate surface area is 76.7 Å². The van der Waals surface area contributed by atoms with Crippen molar-refractivity contribution in [1.82, 2.24) is 0 Å². The predicted octanol–water partition coefficient (Wildman–Crippen LogP) is -0.378. The highest BCUT2D eigenvalue weighted by atomic mass is 31.2. The predicted molar refractivity (Wildman–Crippen MR) is 49.1 cm³/mol. The van der Waals surface area contributed by atoms with Crippen LogP contribution in [0.1, 0.15) is 0 Å². The van der Waals surface area contributed by atoms with Crippen molar-refractivity contribution in [3.63, 3.8) is 0 Å². The Balaban J connectivity index is -0.000000150. The molecule has 0 aromatic rings. The molecule has 0 aliphatic heterocycles. The number of hydrogen-bond donors (Lipinski definition) is 3. The molecule has 0 heterocycles. The van der Waals surface area contributed by atoms with Crippen molar-refractivity contribution in [2.75, 3.05) is 13.2 Å². The number of rotatable bonds is 4. The van der Waals surface area contributed by atoms with Crippen LogP contribution >= 0.6 is 7.82 Å². The fourth-order valence-corrected chi connectivity index (χ4v) is 0.235. The molecule has 0 unspecified atom stereocenters. The summed E-state index contributed by atoms with van der Waals surface area (Å²) < 4.78 is 13.8. The molecule has 0 saturated heterocycles. The monoisotopic (exact) mass is 214 g/mol. The van der Waals surface area contributed by atoms with Gasteiger partial charge in [0, 0.05) is 0 Å². The van der Waals surface area contributed by atoms with Crippen molar-refractivity contribution in [2.45, 2.75) is 0 Å². The van der Waals surface area contributed by atoms with E-state index in [0.717, 1.165) is 0 Å². The highest BCUT2D eigenvalue weighted by molar-refractivity contribution is 7.45. The molecule has 0 saturated carbocycles. The minimum Gasteiger partial charge on any atom is -0.412 e. The quantitative estimate of drug-likeness (QED) is 0.335. The molecule has 0 fully saturated rings. The molecule has 5 N–H and O–H groups in total. The van der Waals surface area contributed by atoms with Crippen LogP contribution in [0.2, 0.25) is 0 Å². The molecule has 13 heavy (non-hydrogen) atoms. The first kappa shape index (κ1) is 18.3. The SMILES string of the molecule is C=CCOCC=C.O.O=P(O)(O)O. The summed E-state index contributed by atoms with van der Waals surface area (Å²) in [6, 6.07) is 0. The molecule has 0 atom stereocenters. The maximum absolute atomic E-state index is 8.88. The van der Waals surface area contributed by atoms with Crippen LogP contribution in [0.4, 0.5) is 0 Å². The molecular weight excluding hydrogens is 199 g/mol. The first-order valence-corrected chi connectivity index (χ1v) is 4.56. The molecule has 0 spiro atoms. The van der Waals surface area contributed by atoms with Crippen molar-refractivity contribution in [1.29, 1.82) is 0 Å². The third-order valence-corrected chi connectivity index (χ3v) is 0.471. The van der Waals surface area contributed by atoms with Crippen LogP contribution in [0.5, 0.6) is 0 Å². The zero-order chi connectivity index (χ0) is 10.0. The number of ether oxygens (including phenoxy) is 1. The second-order valence-electron chi connectivity index (χ2n) is 1.63. The lowest BCUT2D eigenvalue weighted by Gasteiger charge is -1.89. The van der Waals surface area contributed by atoms with Crippen LogP contribution < -0.4 is 0 Å². The van der Waals surface area contributed by atoms with Crippen LogP contribution in [-0.4, -0.2) is 33.4 Å². The second kappa shape index (κ2) is 11.5. The largest absolute Gasteiger partial charge is 0.466 e. The van der Waals surface area contributed by atoms with Gasteiger partial charge in [-0.2, -0.15) is 0 Å². The van der Waals surface area contributed by atoms with Gasteiger partial charge in [0.2, 0.25) is 0 Å². The van der Waals surface area contributed by atoms with Gasteiger partial charge in [-0.1, -0.05) is 12.2 Å². The van der Waals surface area contributed by atoms with Crippen molar-refractivity contribution in [2.24, 2.45) is 0 Å². The van der Waals surface area contributed by atoms with E-state index in [9.17, 15) is 0 Å². The Morgan fingerprint density at radius 2 is 1.38 bits per heavy atom. The van der Waals surface area contributed by atoms with E-state index in [1.807, 2.05) is 0 Å². The van der Waals surface area contributed by atoms with Gasteiger partial charge in [-0.05, 0) is 0 Å². The highest BCUT2D eigenvalue weighted by Crippen LogP contribution is 2.25. The van der Waals surface area contributed by atoms with Gasteiger partial charge in [-0.25, -0.2) is 4.57 Å². The summed E-state index contributed by atoms with van der Waals surface area (Å²) in [5, 5.41) is 0. The van der Waals surface area contributed by atoms with E-state index in [1.165, 1.54) is 0 Å². The van der Waals surface area contributed by atoms with Gasteiger partial charge in [-0.3, -0.25) is 0 Å². The van der Waals surface area contributed by atoms with Crippen molar-refractivity contribution in [3.8, 4) is 0 Å². The zero-order valence-corrected chi connectivity index (χ0v) is 7.98. The van der Waals surface area contributed by atoms with Crippen LogP contribution in [0.3, 0.4) is 0 Å². The molecule has 0 radical (unpaired) electrons. The summed E-state index contributed by atoms with van der Waals surface area (Å²) in [4.78, 5) is 21.6. The third-order valence-electron chi connectivity index (χ3n) is 0.471. The van der Waals surface area contributed by atoms with Gasteiger partial charge >= 0.3 is 7.82 Å². The Kier molecular flexibility index (Phi) is 16.2. The average Bonchev–Trinajstić information content (AvgIpc) is 1.85. The van der Waals surface area contributed by atoms with Gasteiger partial charge < -0.3 is 24.9 Å². The zero-order valence-electron chi connectivity index (χ0n) is 7.09. The van der Waals surface area contributed by atoms with Gasteiger partial charge in [0.1, 0.15) is 0 Å². The standard InChI is InChI=1S/C6H10O.H3O4P.H2O/c1-3-5-7-6-4-2;1-5(2,3)4;/h3-4H,1-2,5-6H2;(H3,1,2,3,4);1H2. The molecule has 80 valence electrons. The Morgan fingerprint density at radius 3 is 1.54 bits per heavy atom. The average molecular weight is 214 g/mol. The molecule has 7 heteroatoms. The summed E-state index contributed by atoms with van der Waals surface area (Å²) in [5.74, 6) is 0. The topological polar surface area (TPSA) is 118 Å². The van der Waals surface area contributed by atoms with E-state index >= 15 is 0 Å². The van der Waals surface area contributed by atoms with Gasteiger partial charge in [0.05, 0.1) is 13.2 Å². The Morgan fingerprint density at radius 1 is 1.15 bits per heavy atom. The van der Waals surface area contributed by atoms with Gasteiger partial charge in [-0.15, -0.1) is 13.2 Å². The highest BCUT2D eigenvalue weighted by Gasteiger charge is 2.00. The third kappa shape index (κ3) is 84.5. The molecule has 0 rings (SSSR count). The minimum absolute atomic E-state index is 0. The molecule has 0 aliphatic rings. The van der Waals surface area contributed by atoms with E-state index in [0.29, 0.717) is 13.2 Å². The van der Waals surface area contributed by atoms with Crippen LogP contribution in [0.15, 0.2) is 25.3 Å². The normalized spacial score (nSPS) is 8.85. The minimum atomic E-state index is -4.64. The molecule has 6 nitrogen and oxygen atoms in total. The summed E-state index contributed by atoms with van der Waals surface area (Å²) in [6.45, 7) is 8.18. The van der Waals surface area contributed by atoms with Crippen molar-refractivity contribution in [3.05, 3.63) is 25.3 Å². The fraction of sp³-hybridized carbons (Fsp3) is 0.333. The van der Waals surface area contributed by atoms with E-state index in [2.05, 4.69) is 13.2 Å².